The Balaban J connectivity index is 1.76. The van der Waals surface area contributed by atoms with Crippen molar-refractivity contribution in [2.24, 2.45) is 0 Å². The Labute approximate surface area is 126 Å². The first kappa shape index (κ1) is 16.8. The van der Waals surface area contributed by atoms with Gasteiger partial charge >= 0.3 is 6.18 Å². The van der Waals surface area contributed by atoms with Gasteiger partial charge in [-0.3, -0.25) is 14.4 Å². The number of carbonyl (C=O) groups excluding carboxylic acids is 1. The number of rotatable bonds is 5. The zero-order valence-electron chi connectivity index (χ0n) is 12.3. The molecule has 22 heavy (non-hydrogen) atoms. The minimum Gasteiger partial charge on any atom is -0.379 e. The molecule has 0 spiro atoms. The van der Waals surface area contributed by atoms with Crippen molar-refractivity contribution in [3.05, 3.63) is 18.0 Å². The maximum atomic E-state index is 12.4. The Morgan fingerprint density at radius 3 is 2.73 bits per heavy atom. The molecule has 0 radical (unpaired) electrons. The van der Waals surface area contributed by atoms with E-state index in [1.54, 1.807) is 0 Å². The summed E-state index contributed by atoms with van der Waals surface area (Å²) in [6.07, 6.45) is -3.35. The highest BCUT2D eigenvalue weighted by Crippen LogP contribution is 2.27. The number of nitrogens with one attached hydrogen (secondary N) is 1. The summed E-state index contributed by atoms with van der Waals surface area (Å²) in [5.74, 6) is -0.364. The highest BCUT2D eigenvalue weighted by molar-refractivity contribution is 5.75. The van der Waals surface area contributed by atoms with Gasteiger partial charge in [-0.25, -0.2) is 0 Å². The van der Waals surface area contributed by atoms with Crippen LogP contribution < -0.4 is 5.32 Å². The summed E-state index contributed by atoms with van der Waals surface area (Å²) < 4.78 is 43.5. The van der Waals surface area contributed by atoms with Gasteiger partial charge in [0.25, 0.3) is 0 Å². The molecule has 1 aliphatic rings. The fourth-order valence-corrected chi connectivity index (χ4v) is 2.21. The fraction of sp³-hybridized carbons (Fsp3) is 0.692. The van der Waals surface area contributed by atoms with Crippen LogP contribution in [0.25, 0.3) is 0 Å². The smallest absolute Gasteiger partial charge is 0.379 e. The molecule has 6 nitrogen and oxygen atoms in total. The van der Waals surface area contributed by atoms with Gasteiger partial charge in [0, 0.05) is 31.9 Å². The Morgan fingerprint density at radius 1 is 1.45 bits per heavy atom. The summed E-state index contributed by atoms with van der Waals surface area (Å²) in [5.41, 5.74) is -0.998. The van der Waals surface area contributed by atoms with E-state index in [2.05, 4.69) is 15.3 Å². The molecular weight excluding hydrogens is 301 g/mol. The van der Waals surface area contributed by atoms with E-state index in [1.807, 2.05) is 6.92 Å². The molecule has 1 saturated heterocycles. The van der Waals surface area contributed by atoms with Gasteiger partial charge in [-0.2, -0.15) is 18.3 Å². The summed E-state index contributed by atoms with van der Waals surface area (Å²) in [5, 5.41) is 6.06. The van der Waals surface area contributed by atoms with E-state index in [1.165, 1.54) is 0 Å². The second-order valence-electron chi connectivity index (χ2n) is 5.20. The Hall–Kier alpha value is -1.61. The van der Waals surface area contributed by atoms with E-state index >= 15 is 0 Å². The Morgan fingerprint density at radius 2 is 2.14 bits per heavy atom. The van der Waals surface area contributed by atoms with Crippen molar-refractivity contribution in [2.75, 3.05) is 32.8 Å². The fourth-order valence-electron chi connectivity index (χ4n) is 2.21. The van der Waals surface area contributed by atoms with E-state index < -0.39 is 11.9 Å². The lowest BCUT2D eigenvalue weighted by atomic mass is 10.2. The van der Waals surface area contributed by atoms with Crippen molar-refractivity contribution in [2.45, 2.75) is 25.7 Å². The van der Waals surface area contributed by atoms with Crippen LogP contribution in [0.15, 0.2) is 12.3 Å². The average Bonchev–Trinajstić information content (AvgIpc) is 2.94. The molecule has 1 atom stereocenters. The largest absolute Gasteiger partial charge is 0.435 e. The van der Waals surface area contributed by atoms with Crippen molar-refractivity contribution >= 4 is 5.91 Å². The van der Waals surface area contributed by atoms with Crippen molar-refractivity contribution in [1.29, 1.82) is 0 Å². The van der Waals surface area contributed by atoms with Gasteiger partial charge in [0.05, 0.1) is 13.2 Å². The van der Waals surface area contributed by atoms with Crippen LogP contribution in [0.4, 0.5) is 13.2 Å². The van der Waals surface area contributed by atoms with E-state index in [0.717, 1.165) is 30.0 Å². The summed E-state index contributed by atoms with van der Waals surface area (Å²) in [4.78, 5) is 14.0. The second kappa shape index (κ2) is 7.10. The minimum absolute atomic E-state index is 0.149. The van der Waals surface area contributed by atoms with Gasteiger partial charge in [0.1, 0.15) is 6.54 Å². The lowest BCUT2D eigenvalue weighted by molar-refractivity contribution is -0.141. The molecule has 2 rings (SSSR count). The molecule has 0 aliphatic carbocycles. The summed E-state index contributed by atoms with van der Waals surface area (Å²) >= 11 is 0. The number of nitrogens with zero attached hydrogens (tertiary/aromatic N) is 3. The standard InChI is InChI=1S/C13H19F3N4O2/c1-10(19-4-6-22-7-5-19)8-17-12(21)9-20-3-2-11(18-20)13(14,15)16/h2-3,10H,4-9H2,1H3,(H,17,21)/t10-/m0/s1. The maximum Gasteiger partial charge on any atom is 0.435 e. The number of carbonyl (C=O) groups is 1. The predicted octanol–water partition coefficient (Wildman–Crippen LogP) is 0.739. The van der Waals surface area contributed by atoms with E-state index in [0.29, 0.717) is 19.8 Å². The normalized spacial score (nSPS) is 18.2. The molecule has 0 unspecified atom stereocenters. The molecule has 1 aromatic heterocycles. The van der Waals surface area contributed by atoms with Crippen LogP contribution in [-0.2, 0) is 22.3 Å². The molecule has 1 amide bonds. The highest BCUT2D eigenvalue weighted by atomic mass is 19.4. The van der Waals surface area contributed by atoms with E-state index in [9.17, 15) is 18.0 Å². The molecule has 2 heterocycles. The quantitative estimate of drug-likeness (QED) is 0.869. The van der Waals surface area contributed by atoms with Gasteiger partial charge in [0.15, 0.2) is 5.69 Å². The van der Waals surface area contributed by atoms with Crippen LogP contribution in [0, 0.1) is 0 Å². The van der Waals surface area contributed by atoms with Gasteiger partial charge in [-0.15, -0.1) is 0 Å². The van der Waals surface area contributed by atoms with Gasteiger partial charge in [-0.1, -0.05) is 0 Å². The number of aromatic nitrogens is 2. The van der Waals surface area contributed by atoms with Crippen molar-refractivity contribution in [1.82, 2.24) is 20.0 Å². The average molecular weight is 320 g/mol. The topological polar surface area (TPSA) is 59.4 Å². The zero-order valence-corrected chi connectivity index (χ0v) is 12.3. The van der Waals surface area contributed by atoms with Crippen LogP contribution in [0.5, 0.6) is 0 Å². The minimum atomic E-state index is -4.49. The maximum absolute atomic E-state index is 12.4. The van der Waals surface area contributed by atoms with E-state index in [-0.39, 0.29) is 18.5 Å². The number of alkyl halides is 3. The molecule has 1 aliphatic heterocycles. The molecule has 1 fully saturated rings. The van der Waals surface area contributed by atoms with Crippen LogP contribution in [0.1, 0.15) is 12.6 Å². The highest BCUT2D eigenvalue weighted by Gasteiger charge is 2.33. The monoisotopic (exact) mass is 320 g/mol. The number of hydrogen-bond donors (Lipinski definition) is 1. The van der Waals surface area contributed by atoms with Crippen LogP contribution in [0.3, 0.4) is 0 Å². The molecular formula is C13H19F3N4O2. The molecule has 1 aromatic rings. The molecule has 1 N–H and O–H groups in total. The number of ether oxygens (including phenoxy) is 1. The third-order valence-electron chi connectivity index (χ3n) is 3.50. The SMILES string of the molecule is C[C@@H](CNC(=O)Cn1ccc(C(F)(F)F)n1)N1CCOCC1. The van der Waals surface area contributed by atoms with Crippen LogP contribution >= 0.6 is 0 Å². The van der Waals surface area contributed by atoms with Crippen molar-refractivity contribution in [3.8, 4) is 0 Å². The Kier molecular flexibility index (Phi) is 5.41. The van der Waals surface area contributed by atoms with Gasteiger partial charge < -0.3 is 10.1 Å². The van der Waals surface area contributed by atoms with Crippen molar-refractivity contribution in [3.63, 3.8) is 0 Å². The van der Waals surface area contributed by atoms with Gasteiger partial charge in [0.2, 0.25) is 5.91 Å². The molecule has 124 valence electrons. The predicted molar refractivity (Wildman–Crippen MR) is 72.1 cm³/mol. The number of morpholine rings is 1. The van der Waals surface area contributed by atoms with Crippen LogP contribution in [-0.4, -0.2) is 59.5 Å². The third-order valence-corrected chi connectivity index (χ3v) is 3.50. The second-order valence-corrected chi connectivity index (χ2v) is 5.20. The first-order valence-electron chi connectivity index (χ1n) is 7.05. The summed E-state index contributed by atoms with van der Waals surface area (Å²) in [7, 11) is 0. The number of hydrogen-bond acceptors (Lipinski definition) is 4. The van der Waals surface area contributed by atoms with Crippen molar-refractivity contribution < 1.29 is 22.7 Å². The van der Waals surface area contributed by atoms with E-state index in [4.69, 9.17) is 4.74 Å². The molecule has 0 saturated carbocycles. The first-order valence-corrected chi connectivity index (χ1v) is 7.05. The first-order chi connectivity index (χ1) is 10.4. The van der Waals surface area contributed by atoms with Crippen LogP contribution in [0.2, 0.25) is 0 Å². The summed E-state index contributed by atoms with van der Waals surface area (Å²) in [6, 6.07) is 1.00. The lowest BCUT2D eigenvalue weighted by Crippen LogP contribution is -2.47. The van der Waals surface area contributed by atoms with Gasteiger partial charge in [-0.05, 0) is 13.0 Å². The summed E-state index contributed by atoms with van der Waals surface area (Å²) in [6.45, 7) is 5.16. The molecule has 9 heteroatoms. The lowest BCUT2D eigenvalue weighted by Gasteiger charge is -2.32. The number of halogens is 3. The zero-order chi connectivity index (χ0) is 16.2. The Bertz CT molecular complexity index is 498. The third kappa shape index (κ3) is 4.70. The molecule has 0 bridgehead atoms. The molecule has 0 aromatic carbocycles. The number of amides is 1.